The maximum atomic E-state index is 13.6. The molecule has 2 amide bonds. The molecule has 7 rings (SSSR count). The van der Waals surface area contributed by atoms with E-state index in [-0.39, 0.29) is 60.3 Å². The summed E-state index contributed by atoms with van der Waals surface area (Å²) in [5.74, 6) is -3.02. The SMILES string of the molecule is O=C(Nc1ccc(NC(=O)c2cc3ccccc3c(N=Nc3cc(C(F)(F)F)ccc3Cl)c2O)c(Cl)c1)c1cc2ccccc2c(N=Nc2cc(C(F)(F)F)ccc2Cl)c1O. The highest BCUT2D eigenvalue weighted by Gasteiger charge is 2.32. The first-order valence-electron chi connectivity index (χ1n) is 17.4. The number of hydrogen-bond donors (Lipinski definition) is 4. The zero-order valence-corrected chi connectivity index (χ0v) is 32.6. The molecule has 61 heavy (non-hydrogen) atoms. The number of alkyl halides is 6. The predicted molar refractivity (Wildman–Crippen MR) is 220 cm³/mol. The van der Waals surface area contributed by atoms with Crippen LogP contribution in [0.5, 0.6) is 11.5 Å². The number of hydrogen-bond acceptors (Lipinski definition) is 8. The van der Waals surface area contributed by atoms with Crippen LogP contribution in [0.4, 0.5) is 60.5 Å². The van der Waals surface area contributed by atoms with Crippen molar-refractivity contribution in [2.24, 2.45) is 20.5 Å². The minimum atomic E-state index is -4.69. The van der Waals surface area contributed by atoms with Crippen molar-refractivity contribution in [3.05, 3.63) is 153 Å². The lowest BCUT2D eigenvalue weighted by Gasteiger charge is -2.14. The number of carbonyl (C=O) groups excluding carboxylic acids is 2. The molecule has 4 N–H and O–H groups in total. The van der Waals surface area contributed by atoms with E-state index in [1.54, 1.807) is 48.5 Å². The predicted octanol–water partition coefficient (Wildman–Crippen LogP) is 14.7. The lowest BCUT2D eigenvalue weighted by atomic mass is 10.0. The third-order valence-corrected chi connectivity index (χ3v) is 9.97. The highest BCUT2D eigenvalue weighted by atomic mass is 35.5. The Labute approximate surface area is 354 Å². The van der Waals surface area contributed by atoms with Crippen molar-refractivity contribution in [1.29, 1.82) is 0 Å². The lowest BCUT2D eigenvalue weighted by Crippen LogP contribution is -2.14. The van der Waals surface area contributed by atoms with Crippen LogP contribution < -0.4 is 10.6 Å². The number of aromatic hydroxyl groups is 2. The molecule has 0 spiro atoms. The second-order valence-corrected chi connectivity index (χ2v) is 14.2. The van der Waals surface area contributed by atoms with Gasteiger partial charge in [-0.2, -0.15) is 26.3 Å². The highest BCUT2D eigenvalue weighted by molar-refractivity contribution is 6.34. The standard InChI is InChI=1S/C42H23Cl3F6N6O4/c43-29-12-9-22(41(46,47)48)17-33(29)54-56-35-25-7-3-1-5-20(25)15-27(37(35)58)39(60)52-24-11-14-32(31(45)19-24)53-40(61)28-16-21-6-2-4-8-26(21)36(38(28)59)57-55-34-18-23(42(49,50)51)10-13-30(34)44/h1-19,58-59H,(H,52,60)(H,53,61). The fourth-order valence-electron chi connectivity index (χ4n) is 6.00. The molecule has 7 aromatic rings. The van der Waals surface area contributed by atoms with Crippen molar-refractivity contribution < 1.29 is 46.1 Å². The second-order valence-electron chi connectivity index (χ2n) is 13.0. The first-order valence-corrected chi connectivity index (χ1v) is 18.5. The summed E-state index contributed by atoms with van der Waals surface area (Å²) in [6.45, 7) is 0. The molecule has 0 aliphatic carbocycles. The Balaban J connectivity index is 1.14. The van der Waals surface area contributed by atoms with E-state index in [0.29, 0.717) is 33.7 Å². The minimum absolute atomic E-state index is 0.0284. The molecule has 0 aromatic heterocycles. The van der Waals surface area contributed by atoms with E-state index in [1.807, 2.05) is 0 Å². The number of fused-ring (bicyclic) bond motifs is 2. The molecular weight excluding hydrogens is 873 g/mol. The largest absolute Gasteiger partial charge is 0.505 e. The van der Waals surface area contributed by atoms with Gasteiger partial charge in [-0.25, -0.2) is 0 Å². The molecule has 0 atom stereocenters. The third kappa shape index (κ3) is 9.06. The minimum Gasteiger partial charge on any atom is -0.505 e. The van der Waals surface area contributed by atoms with Crippen LogP contribution in [0.2, 0.25) is 15.1 Å². The summed E-state index contributed by atoms with van der Waals surface area (Å²) in [7, 11) is 0. The number of carbonyl (C=O) groups is 2. The van der Waals surface area contributed by atoms with Crippen LogP contribution >= 0.6 is 34.8 Å². The van der Waals surface area contributed by atoms with Gasteiger partial charge in [0.15, 0.2) is 11.5 Å². The van der Waals surface area contributed by atoms with E-state index >= 15 is 0 Å². The number of azo groups is 2. The Morgan fingerprint density at radius 2 is 0.951 bits per heavy atom. The molecule has 0 unspecified atom stereocenters. The van der Waals surface area contributed by atoms with Crippen molar-refractivity contribution in [1.82, 2.24) is 0 Å². The van der Waals surface area contributed by atoms with Crippen molar-refractivity contribution in [3.63, 3.8) is 0 Å². The van der Waals surface area contributed by atoms with Crippen LogP contribution in [0.3, 0.4) is 0 Å². The number of nitrogens with one attached hydrogen (secondary N) is 2. The summed E-state index contributed by atoms with van der Waals surface area (Å²) < 4.78 is 80.1. The first-order chi connectivity index (χ1) is 28.9. The van der Waals surface area contributed by atoms with Gasteiger partial charge in [-0.15, -0.1) is 20.5 Å². The summed E-state index contributed by atoms with van der Waals surface area (Å²) in [6.07, 6.45) is -9.38. The Morgan fingerprint density at radius 3 is 1.39 bits per heavy atom. The molecule has 0 saturated carbocycles. The third-order valence-electron chi connectivity index (χ3n) is 9.02. The Kier molecular flexibility index (Phi) is 11.6. The Morgan fingerprint density at radius 1 is 0.508 bits per heavy atom. The van der Waals surface area contributed by atoms with Crippen molar-refractivity contribution >= 4 is 102 Å². The molecular formula is C42H23Cl3F6N6O4. The van der Waals surface area contributed by atoms with Gasteiger partial charge in [0.25, 0.3) is 11.8 Å². The molecule has 308 valence electrons. The van der Waals surface area contributed by atoms with Gasteiger partial charge in [0.1, 0.15) is 22.7 Å². The molecule has 0 aliphatic rings. The zero-order chi connectivity index (χ0) is 43.8. The van der Waals surface area contributed by atoms with Gasteiger partial charge in [-0.3, -0.25) is 9.59 Å². The number of rotatable bonds is 8. The van der Waals surface area contributed by atoms with Crippen LogP contribution in [-0.4, -0.2) is 22.0 Å². The first kappa shape index (κ1) is 42.4. The normalized spacial score (nSPS) is 12.1. The van der Waals surface area contributed by atoms with E-state index < -0.39 is 46.8 Å². The lowest BCUT2D eigenvalue weighted by molar-refractivity contribution is -0.138. The fourth-order valence-corrected chi connectivity index (χ4v) is 6.54. The quantitative estimate of drug-likeness (QED) is 0.0888. The topological polar surface area (TPSA) is 148 Å². The highest BCUT2D eigenvalue weighted by Crippen LogP contribution is 2.44. The van der Waals surface area contributed by atoms with Gasteiger partial charge in [0, 0.05) is 16.5 Å². The van der Waals surface area contributed by atoms with Crippen LogP contribution in [0.1, 0.15) is 31.8 Å². The van der Waals surface area contributed by atoms with Crippen molar-refractivity contribution in [3.8, 4) is 11.5 Å². The number of nitrogens with zero attached hydrogens (tertiary/aromatic N) is 4. The summed E-state index contributed by atoms with van der Waals surface area (Å²) in [5.41, 5.74) is -3.65. The molecule has 7 aromatic carbocycles. The van der Waals surface area contributed by atoms with Gasteiger partial charge >= 0.3 is 12.4 Å². The number of phenolic OH excluding ortho intramolecular Hbond substituents is 2. The van der Waals surface area contributed by atoms with Gasteiger partial charge in [-0.05, 0) is 77.5 Å². The molecule has 0 saturated heterocycles. The number of benzene rings is 7. The molecule has 0 bridgehead atoms. The number of phenols is 2. The van der Waals surface area contributed by atoms with E-state index in [0.717, 1.165) is 24.3 Å². The summed E-state index contributed by atoms with van der Waals surface area (Å²) >= 11 is 18.7. The maximum Gasteiger partial charge on any atom is 0.416 e. The van der Waals surface area contributed by atoms with Crippen LogP contribution in [0, 0.1) is 0 Å². The van der Waals surface area contributed by atoms with Gasteiger partial charge < -0.3 is 20.8 Å². The molecule has 0 fully saturated rings. The number of anilines is 2. The zero-order valence-electron chi connectivity index (χ0n) is 30.4. The van der Waals surface area contributed by atoms with Gasteiger partial charge in [0.05, 0.1) is 43.0 Å². The van der Waals surface area contributed by atoms with Gasteiger partial charge in [-0.1, -0.05) is 83.3 Å². The molecule has 19 heteroatoms. The average Bonchev–Trinajstić information content (AvgIpc) is 3.21. The smallest absolute Gasteiger partial charge is 0.416 e. The van der Waals surface area contributed by atoms with Crippen LogP contribution in [-0.2, 0) is 12.4 Å². The molecule has 0 heterocycles. The summed E-state index contributed by atoms with van der Waals surface area (Å²) in [5, 5.41) is 44.4. The van der Waals surface area contributed by atoms with Crippen molar-refractivity contribution in [2.45, 2.75) is 12.4 Å². The average molecular weight is 896 g/mol. The summed E-state index contributed by atoms with van der Waals surface area (Å²) in [6, 6.07) is 24.5. The van der Waals surface area contributed by atoms with Crippen LogP contribution in [0.15, 0.2) is 136 Å². The van der Waals surface area contributed by atoms with Crippen molar-refractivity contribution in [2.75, 3.05) is 10.6 Å². The Hall–Kier alpha value is -6.75. The number of amides is 2. The van der Waals surface area contributed by atoms with E-state index in [4.69, 9.17) is 34.8 Å². The maximum absolute atomic E-state index is 13.6. The van der Waals surface area contributed by atoms with E-state index in [9.17, 15) is 46.1 Å². The molecule has 0 aliphatic heterocycles. The monoisotopic (exact) mass is 894 g/mol. The second kappa shape index (κ2) is 16.7. The fraction of sp³-hybridized carbons (Fsp3) is 0.0476. The Bertz CT molecular complexity index is 2980. The van der Waals surface area contributed by atoms with E-state index in [1.165, 1.54) is 30.3 Å². The van der Waals surface area contributed by atoms with Crippen LogP contribution in [0.25, 0.3) is 21.5 Å². The van der Waals surface area contributed by atoms with E-state index in [2.05, 4.69) is 31.1 Å². The molecule has 10 nitrogen and oxygen atoms in total. The summed E-state index contributed by atoms with van der Waals surface area (Å²) in [4.78, 5) is 27.2. The molecule has 0 radical (unpaired) electrons. The number of halogens is 9. The van der Waals surface area contributed by atoms with Gasteiger partial charge in [0.2, 0.25) is 0 Å².